The van der Waals surface area contributed by atoms with Crippen LogP contribution in [0.5, 0.6) is 69.0 Å². The maximum Gasteiger partial charge on any atom is 0.331 e. The predicted molar refractivity (Wildman–Crippen MR) is 277 cm³/mol. The lowest BCUT2D eigenvalue weighted by Crippen LogP contribution is -2.53. The minimum absolute atomic E-state index is 0.125. The van der Waals surface area contributed by atoms with Crippen LogP contribution in [0.25, 0.3) is 0 Å². The lowest BCUT2D eigenvalue weighted by Gasteiger charge is -2.46. The SMILES string of the molecule is COc1cc(CC2c3c(cc(OC)c(OC)c3OC)CC[N+]2(C)CCCOC(=O)/C=C\C(=O)OCCC[N+]2(C)CCc3cc(OC)c(OC)c(OC)c3C2Cc2cc(OC)c(OC)c(OC)c2)cc(OC)c1OC. The van der Waals surface area contributed by atoms with Crippen molar-refractivity contribution in [2.24, 2.45) is 0 Å². The van der Waals surface area contributed by atoms with Gasteiger partial charge in [-0.15, -0.1) is 0 Å². The van der Waals surface area contributed by atoms with Gasteiger partial charge in [-0.2, -0.15) is 0 Å². The fourth-order valence-corrected chi connectivity index (χ4v) is 10.9. The van der Waals surface area contributed by atoms with E-state index in [1.165, 1.54) is 0 Å². The second-order valence-corrected chi connectivity index (χ2v) is 18.7. The van der Waals surface area contributed by atoms with Gasteiger partial charge in [0.1, 0.15) is 12.1 Å². The van der Waals surface area contributed by atoms with Gasteiger partial charge in [0, 0.05) is 50.7 Å². The van der Waals surface area contributed by atoms with Crippen LogP contribution in [0.4, 0.5) is 0 Å². The number of likely N-dealkylation sites (N-methyl/N-ethyl adjacent to an activating group) is 2. The van der Waals surface area contributed by atoms with Gasteiger partial charge < -0.3 is 75.3 Å². The molecule has 74 heavy (non-hydrogen) atoms. The average Bonchev–Trinajstić information content (AvgIpc) is 3.42. The predicted octanol–water partition coefficient (Wildman–Crippen LogP) is 7.49. The molecule has 0 aliphatic carbocycles. The summed E-state index contributed by atoms with van der Waals surface area (Å²) < 4.78 is 81.9. The molecule has 0 N–H and O–H groups in total. The van der Waals surface area contributed by atoms with Crippen molar-refractivity contribution >= 4 is 11.9 Å². The van der Waals surface area contributed by atoms with Crippen LogP contribution in [-0.4, -0.2) is 160 Å². The van der Waals surface area contributed by atoms with Gasteiger partial charge in [0.05, 0.1) is 150 Å². The zero-order valence-electron chi connectivity index (χ0n) is 45.7. The molecule has 0 amide bonds. The first-order valence-corrected chi connectivity index (χ1v) is 24.6. The van der Waals surface area contributed by atoms with Gasteiger partial charge in [-0.05, 0) is 58.7 Å². The van der Waals surface area contributed by atoms with Crippen molar-refractivity contribution in [2.45, 2.75) is 50.6 Å². The Morgan fingerprint density at radius 3 is 1.01 bits per heavy atom. The third-order valence-corrected chi connectivity index (χ3v) is 14.6. The average molecular weight is 1030 g/mol. The number of carbonyl (C=O) groups excluding carboxylic acids is 2. The number of esters is 2. The molecule has 0 radical (unpaired) electrons. The summed E-state index contributed by atoms with van der Waals surface area (Å²) in [5.74, 6) is 5.40. The molecule has 0 spiro atoms. The number of rotatable bonds is 26. The maximum atomic E-state index is 13.0. The highest BCUT2D eigenvalue weighted by Gasteiger charge is 2.45. The van der Waals surface area contributed by atoms with Crippen molar-refractivity contribution in [1.29, 1.82) is 0 Å². The number of nitrogens with zero attached hydrogens (tertiary/aromatic N) is 2. The topological polar surface area (TPSA) is 163 Å². The molecular weight excluding hydrogens is 957 g/mol. The van der Waals surface area contributed by atoms with Gasteiger partial charge in [-0.3, -0.25) is 0 Å². The number of quaternary nitrogens is 2. The highest BCUT2D eigenvalue weighted by atomic mass is 16.6. The molecule has 18 nitrogen and oxygen atoms in total. The van der Waals surface area contributed by atoms with Gasteiger partial charge in [0.15, 0.2) is 46.0 Å². The molecular formula is C56H76N2O16+2. The molecule has 4 aromatic rings. The van der Waals surface area contributed by atoms with Crippen LogP contribution in [0.2, 0.25) is 0 Å². The molecule has 4 unspecified atom stereocenters. The number of benzene rings is 4. The Hall–Kier alpha value is -6.92. The van der Waals surface area contributed by atoms with Crippen molar-refractivity contribution in [3.63, 3.8) is 0 Å². The molecule has 2 aliphatic rings. The van der Waals surface area contributed by atoms with Gasteiger partial charge >= 0.3 is 11.9 Å². The number of carbonyl (C=O) groups is 2. The summed E-state index contributed by atoms with van der Waals surface area (Å²) in [4.78, 5) is 26.0. The van der Waals surface area contributed by atoms with E-state index in [-0.39, 0.29) is 25.3 Å². The summed E-state index contributed by atoms with van der Waals surface area (Å²) in [6.07, 6.45) is 5.99. The van der Waals surface area contributed by atoms with E-state index in [0.717, 1.165) is 71.5 Å². The van der Waals surface area contributed by atoms with E-state index in [1.807, 2.05) is 36.4 Å². The molecule has 2 aliphatic heterocycles. The van der Waals surface area contributed by atoms with E-state index >= 15 is 0 Å². The normalized spacial score (nSPS) is 18.8. The molecule has 0 saturated heterocycles. The van der Waals surface area contributed by atoms with Crippen molar-refractivity contribution in [2.75, 3.05) is 139 Å². The first kappa shape index (κ1) is 56.4. The maximum absolute atomic E-state index is 13.0. The Bertz CT molecular complexity index is 2410. The molecule has 4 aromatic carbocycles. The Morgan fingerprint density at radius 1 is 0.432 bits per heavy atom. The molecule has 0 aromatic heterocycles. The molecule has 0 bridgehead atoms. The van der Waals surface area contributed by atoms with Crippen molar-refractivity contribution in [3.8, 4) is 69.0 Å². The van der Waals surface area contributed by atoms with Crippen LogP contribution < -0.4 is 56.8 Å². The Labute approximate surface area is 435 Å². The molecule has 6 rings (SSSR count). The zero-order chi connectivity index (χ0) is 53.7. The molecule has 0 fully saturated rings. The van der Waals surface area contributed by atoms with E-state index in [4.69, 9.17) is 66.3 Å². The number of methoxy groups -OCH3 is 12. The first-order valence-electron chi connectivity index (χ1n) is 24.6. The van der Waals surface area contributed by atoms with Gasteiger partial charge in [0.2, 0.25) is 23.0 Å². The van der Waals surface area contributed by atoms with Crippen molar-refractivity contribution < 1.29 is 84.9 Å². The van der Waals surface area contributed by atoms with Gasteiger partial charge in [-0.1, -0.05) is 0 Å². The summed E-state index contributed by atoms with van der Waals surface area (Å²) in [6.45, 7) is 3.17. The lowest BCUT2D eigenvalue weighted by molar-refractivity contribution is -0.941. The van der Waals surface area contributed by atoms with Crippen LogP contribution in [-0.2, 0) is 44.7 Å². The number of hydrogen-bond acceptors (Lipinski definition) is 16. The smallest absolute Gasteiger partial charge is 0.331 e. The first-order chi connectivity index (χ1) is 35.7. The molecule has 18 heteroatoms. The fourth-order valence-electron chi connectivity index (χ4n) is 10.9. The van der Waals surface area contributed by atoms with Crippen LogP contribution >= 0.6 is 0 Å². The van der Waals surface area contributed by atoms with Crippen LogP contribution in [0.3, 0.4) is 0 Å². The molecule has 4 atom stereocenters. The van der Waals surface area contributed by atoms with Crippen LogP contribution in [0, 0.1) is 0 Å². The van der Waals surface area contributed by atoms with E-state index < -0.39 is 11.9 Å². The molecule has 0 saturated carbocycles. The van der Waals surface area contributed by atoms with E-state index in [0.29, 0.717) is 117 Å². The van der Waals surface area contributed by atoms with E-state index in [1.54, 1.807) is 85.3 Å². The summed E-state index contributed by atoms with van der Waals surface area (Å²) >= 11 is 0. The number of hydrogen-bond donors (Lipinski definition) is 0. The third kappa shape index (κ3) is 11.9. The van der Waals surface area contributed by atoms with Gasteiger partial charge in [-0.25, -0.2) is 9.59 Å². The largest absolute Gasteiger partial charge is 0.493 e. The summed E-state index contributed by atoms with van der Waals surface area (Å²) in [5, 5.41) is 0. The second-order valence-electron chi connectivity index (χ2n) is 18.7. The van der Waals surface area contributed by atoms with Crippen LogP contribution in [0.15, 0.2) is 48.6 Å². The minimum Gasteiger partial charge on any atom is -0.493 e. The monoisotopic (exact) mass is 1030 g/mol. The van der Waals surface area contributed by atoms with Crippen molar-refractivity contribution in [1.82, 2.24) is 0 Å². The summed E-state index contributed by atoms with van der Waals surface area (Å²) in [5.41, 5.74) is 6.17. The Morgan fingerprint density at radius 2 is 0.730 bits per heavy atom. The number of ether oxygens (including phenoxy) is 14. The molecule has 2 heterocycles. The standard InChI is InChI=1S/C56H76N2O16/c1-57(23-19-37-33-45(65-7)53(69-11)55(71-13)49(37)39(57)27-35-29-41(61-3)51(67-9)42(30-35)62-4)21-15-25-73-47(59)17-18-48(60)74-26-16-22-58(2)24-20-38-34-46(66-8)54(70-12)56(72-14)50(38)40(58)28-36-31-43(63-5)52(68-10)44(32-36)64-6/h17-18,29-34,39-40H,15-16,19-28H2,1-14H3/q+2/b18-17-. The highest BCUT2D eigenvalue weighted by Crippen LogP contribution is 2.53. The zero-order valence-corrected chi connectivity index (χ0v) is 45.7. The van der Waals surface area contributed by atoms with Crippen molar-refractivity contribution in [3.05, 3.63) is 81.9 Å². The van der Waals surface area contributed by atoms with E-state index in [2.05, 4.69) is 14.1 Å². The Balaban J connectivity index is 1.11. The van der Waals surface area contributed by atoms with E-state index in [9.17, 15) is 9.59 Å². The quantitative estimate of drug-likeness (QED) is 0.0263. The highest BCUT2D eigenvalue weighted by molar-refractivity contribution is 5.91. The Kier molecular flexibility index (Phi) is 19.3. The lowest BCUT2D eigenvalue weighted by atomic mass is 9.85. The fraction of sp³-hybridized carbons (Fsp3) is 0.500. The van der Waals surface area contributed by atoms with Gasteiger partial charge in [0.25, 0.3) is 0 Å². The summed E-state index contributed by atoms with van der Waals surface area (Å²) in [6, 6.07) is 11.7. The molecule has 404 valence electrons. The van der Waals surface area contributed by atoms with Crippen LogP contribution in [0.1, 0.15) is 58.3 Å². The summed E-state index contributed by atoms with van der Waals surface area (Å²) in [7, 11) is 23.7. The minimum atomic E-state index is -0.637. The number of fused-ring (bicyclic) bond motifs is 2. The third-order valence-electron chi connectivity index (χ3n) is 14.6. The second kappa shape index (κ2) is 25.3.